The van der Waals surface area contributed by atoms with Crippen molar-refractivity contribution in [3.8, 4) is 0 Å². The number of halogens is 3. The van der Waals surface area contributed by atoms with Crippen molar-refractivity contribution < 1.29 is 19.1 Å². The van der Waals surface area contributed by atoms with E-state index in [1.807, 2.05) is 0 Å². The number of benzene rings is 1. The number of hydrogen-bond acceptors (Lipinski definition) is 4. The molecule has 0 fully saturated rings. The zero-order valence-corrected chi connectivity index (χ0v) is 11.8. The third kappa shape index (κ3) is 2.74. The minimum Gasteiger partial charge on any atom is -0.478 e. The van der Waals surface area contributed by atoms with E-state index in [4.69, 9.17) is 28.3 Å². The third-order valence-corrected chi connectivity index (χ3v) is 4.08. The van der Waals surface area contributed by atoms with Gasteiger partial charge in [-0.05, 0) is 23.7 Å². The molecule has 1 aromatic heterocycles. The number of hydrogen-bond donors (Lipinski definition) is 2. The van der Waals surface area contributed by atoms with Crippen molar-refractivity contribution in [2.75, 3.05) is 5.32 Å². The number of nitrogens with one attached hydrogen (secondary N) is 1. The van der Waals surface area contributed by atoms with Crippen molar-refractivity contribution in [2.45, 2.75) is 0 Å². The molecule has 1 heterocycles. The maximum atomic E-state index is 13.4. The van der Waals surface area contributed by atoms with Gasteiger partial charge >= 0.3 is 5.97 Å². The van der Waals surface area contributed by atoms with E-state index in [-0.39, 0.29) is 20.7 Å². The van der Waals surface area contributed by atoms with Crippen molar-refractivity contribution in [3.05, 3.63) is 44.6 Å². The number of carbonyl (C=O) groups is 2. The normalized spacial score (nSPS) is 10.3. The lowest BCUT2D eigenvalue weighted by Gasteiger charge is -2.08. The topological polar surface area (TPSA) is 79.3 Å². The van der Waals surface area contributed by atoms with Crippen LogP contribution in [0, 0.1) is 5.82 Å². The Hall–Kier alpha value is -1.70. The van der Waals surface area contributed by atoms with E-state index in [1.54, 1.807) is 0 Å². The predicted molar refractivity (Wildman–Crippen MR) is 73.4 cm³/mol. The molecule has 0 radical (unpaired) electrons. The molecule has 1 amide bonds. The van der Waals surface area contributed by atoms with Gasteiger partial charge < -0.3 is 10.4 Å². The molecular weight excluding hydrogens is 330 g/mol. The molecule has 20 heavy (non-hydrogen) atoms. The molecule has 0 atom stereocenters. The van der Waals surface area contributed by atoms with Crippen LogP contribution in [0.2, 0.25) is 10.2 Å². The van der Waals surface area contributed by atoms with E-state index in [0.717, 1.165) is 17.6 Å². The third-order valence-electron chi connectivity index (χ3n) is 2.28. The molecule has 0 spiro atoms. The Bertz CT molecular complexity index is 705. The Morgan fingerprint density at radius 2 is 2.05 bits per heavy atom. The van der Waals surface area contributed by atoms with Gasteiger partial charge in [0.1, 0.15) is 21.3 Å². The lowest BCUT2D eigenvalue weighted by molar-refractivity contribution is 0.0693. The highest BCUT2D eigenvalue weighted by atomic mass is 35.5. The maximum absolute atomic E-state index is 13.4. The fourth-order valence-corrected chi connectivity index (χ4v) is 2.53. The van der Waals surface area contributed by atoms with E-state index >= 15 is 0 Å². The molecule has 1 aromatic carbocycles. The summed E-state index contributed by atoms with van der Waals surface area (Å²) in [4.78, 5) is 22.9. The number of carboxylic acids is 1. The zero-order valence-electron chi connectivity index (χ0n) is 9.49. The van der Waals surface area contributed by atoms with Crippen molar-refractivity contribution in [1.82, 2.24) is 4.37 Å². The Labute approximate surface area is 126 Å². The van der Waals surface area contributed by atoms with Crippen molar-refractivity contribution in [1.29, 1.82) is 0 Å². The maximum Gasteiger partial charge on any atom is 0.340 e. The van der Waals surface area contributed by atoms with Gasteiger partial charge in [0.15, 0.2) is 5.15 Å². The Balaban J connectivity index is 2.36. The molecule has 9 heteroatoms. The van der Waals surface area contributed by atoms with E-state index in [1.165, 1.54) is 12.1 Å². The summed E-state index contributed by atoms with van der Waals surface area (Å²) >= 11 is 12.1. The summed E-state index contributed by atoms with van der Waals surface area (Å²) in [5.41, 5.74) is -0.810. The molecular formula is C11H5Cl2FN2O3S. The monoisotopic (exact) mass is 334 g/mol. The van der Waals surface area contributed by atoms with Gasteiger partial charge in [-0.15, -0.1) is 0 Å². The van der Waals surface area contributed by atoms with Crippen LogP contribution in [0.15, 0.2) is 18.2 Å². The fourth-order valence-electron chi connectivity index (χ4n) is 1.43. The average Bonchev–Trinajstić information content (AvgIpc) is 2.69. The second-order valence-corrected chi connectivity index (χ2v) is 5.05. The molecule has 104 valence electrons. The number of rotatable bonds is 3. The van der Waals surface area contributed by atoms with Crippen molar-refractivity contribution in [3.63, 3.8) is 0 Å². The minimum atomic E-state index is -1.49. The number of nitrogens with zero attached hydrogens (tertiary/aromatic N) is 1. The quantitative estimate of drug-likeness (QED) is 0.899. The predicted octanol–water partition coefficient (Wildman–Crippen LogP) is 3.54. The summed E-state index contributed by atoms with van der Waals surface area (Å²) in [6, 6.07) is 3.52. The van der Waals surface area contributed by atoms with Gasteiger partial charge in [-0.2, -0.15) is 4.37 Å². The molecule has 0 saturated heterocycles. The van der Waals surface area contributed by atoms with Gasteiger partial charge in [-0.25, -0.2) is 9.18 Å². The van der Waals surface area contributed by atoms with Gasteiger partial charge in [0, 0.05) is 0 Å². The molecule has 0 bridgehead atoms. The Kier molecular flexibility index (Phi) is 4.22. The van der Waals surface area contributed by atoms with Crippen molar-refractivity contribution >= 4 is 52.3 Å². The van der Waals surface area contributed by atoms with Gasteiger partial charge in [0.25, 0.3) is 5.91 Å². The summed E-state index contributed by atoms with van der Waals surface area (Å²) in [6.45, 7) is 0. The summed E-state index contributed by atoms with van der Waals surface area (Å²) in [5, 5.41) is 11.1. The largest absolute Gasteiger partial charge is 0.478 e. The highest BCUT2D eigenvalue weighted by molar-refractivity contribution is 7.09. The first-order chi connectivity index (χ1) is 9.41. The van der Waals surface area contributed by atoms with E-state index < -0.39 is 23.3 Å². The van der Waals surface area contributed by atoms with E-state index in [9.17, 15) is 14.0 Å². The first kappa shape index (κ1) is 14.7. The number of aromatic nitrogens is 1. The average molecular weight is 335 g/mol. The molecule has 0 aliphatic carbocycles. The van der Waals surface area contributed by atoms with Crippen LogP contribution in [0.5, 0.6) is 0 Å². The van der Waals surface area contributed by atoms with Crippen LogP contribution in [0.4, 0.5) is 10.1 Å². The smallest absolute Gasteiger partial charge is 0.340 e. The first-order valence-corrected chi connectivity index (χ1v) is 6.58. The van der Waals surface area contributed by atoms with Crippen molar-refractivity contribution in [2.24, 2.45) is 0 Å². The van der Waals surface area contributed by atoms with Crippen LogP contribution in [0.3, 0.4) is 0 Å². The Morgan fingerprint density at radius 1 is 1.35 bits per heavy atom. The summed E-state index contributed by atoms with van der Waals surface area (Å²) in [6.07, 6.45) is 0. The SMILES string of the molecule is O=C(Nc1cccc(F)c1C(=O)O)c1snc(Cl)c1Cl. The molecule has 0 unspecified atom stereocenters. The van der Waals surface area contributed by atoms with Crippen LogP contribution in [-0.2, 0) is 0 Å². The molecule has 0 aliphatic rings. The highest BCUT2D eigenvalue weighted by Crippen LogP contribution is 2.29. The number of carboxylic acid groups (broad SMARTS) is 1. The molecule has 0 aliphatic heterocycles. The molecule has 2 N–H and O–H groups in total. The number of aromatic carboxylic acids is 1. The van der Waals surface area contributed by atoms with Crippen LogP contribution in [-0.4, -0.2) is 21.4 Å². The second-order valence-electron chi connectivity index (χ2n) is 3.54. The van der Waals surface area contributed by atoms with Crippen LogP contribution < -0.4 is 5.32 Å². The van der Waals surface area contributed by atoms with Crippen LogP contribution in [0.25, 0.3) is 0 Å². The standard InChI is InChI=1S/C11H5Cl2FN2O3S/c12-7-8(20-16-9(7)13)10(17)15-5-3-1-2-4(14)6(5)11(18)19/h1-3H,(H,15,17)(H,18,19). The van der Waals surface area contributed by atoms with Gasteiger partial charge in [-0.1, -0.05) is 29.3 Å². The summed E-state index contributed by atoms with van der Waals surface area (Å²) in [5.74, 6) is -3.16. The Morgan fingerprint density at radius 3 is 2.60 bits per heavy atom. The van der Waals surface area contributed by atoms with Gasteiger partial charge in [0.05, 0.1) is 5.69 Å². The van der Waals surface area contributed by atoms with Gasteiger partial charge in [0.2, 0.25) is 0 Å². The summed E-state index contributed by atoms with van der Waals surface area (Å²) < 4.78 is 17.1. The van der Waals surface area contributed by atoms with E-state index in [0.29, 0.717) is 0 Å². The lowest BCUT2D eigenvalue weighted by Crippen LogP contribution is -2.15. The lowest BCUT2D eigenvalue weighted by atomic mass is 10.1. The second kappa shape index (κ2) is 5.74. The molecule has 0 saturated carbocycles. The first-order valence-electron chi connectivity index (χ1n) is 5.05. The van der Waals surface area contributed by atoms with Gasteiger partial charge in [-0.3, -0.25) is 4.79 Å². The highest BCUT2D eigenvalue weighted by Gasteiger charge is 2.21. The molecule has 5 nitrogen and oxygen atoms in total. The fraction of sp³-hybridized carbons (Fsp3) is 0. The molecule has 2 rings (SSSR count). The van der Waals surface area contributed by atoms with Crippen LogP contribution in [0.1, 0.15) is 20.0 Å². The number of carbonyl (C=O) groups excluding carboxylic acids is 1. The number of anilines is 1. The molecule has 2 aromatic rings. The minimum absolute atomic E-state index is 0.0114. The summed E-state index contributed by atoms with van der Waals surface area (Å²) in [7, 11) is 0. The van der Waals surface area contributed by atoms with Crippen LogP contribution >= 0.6 is 34.7 Å². The zero-order chi connectivity index (χ0) is 14.9. The number of amides is 1. The van der Waals surface area contributed by atoms with E-state index in [2.05, 4.69) is 9.69 Å².